The molecule has 0 unspecified atom stereocenters. The average Bonchev–Trinajstić information content (AvgIpc) is 3.58. The Kier molecular flexibility index (Phi) is 6.50. The monoisotopic (exact) mass is 489 g/mol. The molecule has 5 rings (SSSR count). The van der Waals surface area contributed by atoms with Gasteiger partial charge in [-0.15, -0.1) is 11.8 Å². The predicted molar refractivity (Wildman–Crippen MR) is 127 cm³/mol. The molecule has 10 heteroatoms. The molecular weight excluding hydrogens is 469 g/mol. The number of anilines is 1. The highest BCUT2D eigenvalue weighted by Gasteiger charge is 2.28. The molecule has 0 saturated carbocycles. The van der Waals surface area contributed by atoms with E-state index in [1.54, 1.807) is 47.5 Å². The molecule has 176 valence electrons. The SMILES string of the molecule is N#Cc1nc(-c2ccco2)oc1N1CCN(C(=O)c2cccnc2SCc2ccc(F)cc2)CC1. The van der Waals surface area contributed by atoms with Crippen LogP contribution in [0.4, 0.5) is 10.3 Å². The van der Waals surface area contributed by atoms with Crippen LogP contribution in [0.3, 0.4) is 0 Å². The van der Waals surface area contributed by atoms with Crippen molar-refractivity contribution in [2.45, 2.75) is 10.8 Å². The van der Waals surface area contributed by atoms with Crippen molar-refractivity contribution >= 4 is 23.6 Å². The molecule has 0 atom stereocenters. The van der Waals surface area contributed by atoms with Crippen LogP contribution in [0.5, 0.6) is 0 Å². The van der Waals surface area contributed by atoms with E-state index in [0.29, 0.717) is 54.2 Å². The first-order valence-corrected chi connectivity index (χ1v) is 11.9. The van der Waals surface area contributed by atoms with Crippen LogP contribution in [0.1, 0.15) is 21.6 Å². The molecule has 0 radical (unpaired) electrons. The molecule has 1 aromatic carbocycles. The molecule has 1 aliphatic rings. The Balaban J connectivity index is 1.25. The molecule has 1 fully saturated rings. The molecule has 3 aromatic heterocycles. The Morgan fingerprint density at radius 2 is 1.91 bits per heavy atom. The summed E-state index contributed by atoms with van der Waals surface area (Å²) in [5, 5.41) is 10.1. The van der Waals surface area contributed by atoms with E-state index in [9.17, 15) is 14.4 Å². The van der Waals surface area contributed by atoms with Gasteiger partial charge in [0.1, 0.15) is 16.9 Å². The maximum atomic E-state index is 13.3. The van der Waals surface area contributed by atoms with E-state index in [2.05, 4.69) is 16.0 Å². The maximum absolute atomic E-state index is 13.3. The maximum Gasteiger partial charge on any atom is 0.266 e. The first-order chi connectivity index (χ1) is 17.1. The molecule has 0 N–H and O–H groups in total. The van der Waals surface area contributed by atoms with Crippen molar-refractivity contribution in [3.8, 4) is 17.7 Å². The van der Waals surface area contributed by atoms with Crippen LogP contribution in [0.25, 0.3) is 11.7 Å². The smallest absolute Gasteiger partial charge is 0.266 e. The van der Waals surface area contributed by atoms with Crippen molar-refractivity contribution < 1.29 is 18.0 Å². The van der Waals surface area contributed by atoms with E-state index < -0.39 is 0 Å². The Morgan fingerprint density at radius 1 is 1.11 bits per heavy atom. The van der Waals surface area contributed by atoms with Crippen LogP contribution >= 0.6 is 11.8 Å². The highest BCUT2D eigenvalue weighted by molar-refractivity contribution is 7.98. The Hall–Kier alpha value is -4.10. The second-order valence-electron chi connectivity index (χ2n) is 7.81. The minimum absolute atomic E-state index is 0.103. The largest absolute Gasteiger partial charge is 0.459 e. The lowest BCUT2D eigenvalue weighted by atomic mass is 10.2. The van der Waals surface area contributed by atoms with Gasteiger partial charge in [-0.2, -0.15) is 10.2 Å². The minimum atomic E-state index is -0.281. The van der Waals surface area contributed by atoms with E-state index >= 15 is 0 Å². The second kappa shape index (κ2) is 10.0. The van der Waals surface area contributed by atoms with Gasteiger partial charge in [-0.1, -0.05) is 12.1 Å². The van der Waals surface area contributed by atoms with Gasteiger partial charge in [0, 0.05) is 38.1 Å². The molecule has 0 spiro atoms. The third kappa shape index (κ3) is 4.90. The van der Waals surface area contributed by atoms with Crippen LogP contribution in [0.2, 0.25) is 0 Å². The number of thioether (sulfide) groups is 1. The van der Waals surface area contributed by atoms with E-state index in [0.717, 1.165) is 5.56 Å². The number of benzene rings is 1. The molecule has 35 heavy (non-hydrogen) atoms. The third-order valence-corrected chi connectivity index (χ3v) is 6.67. The quantitative estimate of drug-likeness (QED) is 0.363. The van der Waals surface area contributed by atoms with Crippen molar-refractivity contribution in [1.82, 2.24) is 14.9 Å². The predicted octanol–water partition coefficient (Wildman–Crippen LogP) is 4.60. The van der Waals surface area contributed by atoms with Gasteiger partial charge in [0.25, 0.3) is 11.8 Å². The Labute approximate surface area is 205 Å². The number of carbonyl (C=O) groups excluding carboxylic acids is 1. The summed E-state index contributed by atoms with van der Waals surface area (Å²) < 4.78 is 24.3. The third-order valence-electron chi connectivity index (χ3n) is 5.59. The van der Waals surface area contributed by atoms with Crippen LogP contribution < -0.4 is 4.90 Å². The number of hydrogen-bond donors (Lipinski definition) is 0. The molecule has 1 saturated heterocycles. The number of pyridine rings is 1. The number of carbonyl (C=O) groups is 1. The number of furan rings is 1. The van der Waals surface area contributed by atoms with Crippen molar-refractivity contribution in [3.63, 3.8) is 0 Å². The fourth-order valence-corrected chi connectivity index (χ4v) is 4.73. The lowest BCUT2D eigenvalue weighted by Gasteiger charge is -2.34. The second-order valence-corrected chi connectivity index (χ2v) is 8.78. The van der Waals surface area contributed by atoms with Gasteiger partial charge < -0.3 is 18.6 Å². The summed E-state index contributed by atoms with van der Waals surface area (Å²) in [5.74, 6) is 1.26. The lowest BCUT2D eigenvalue weighted by molar-refractivity contribution is 0.0741. The normalized spacial score (nSPS) is 13.6. The van der Waals surface area contributed by atoms with Crippen molar-refractivity contribution in [3.05, 3.63) is 83.6 Å². The highest BCUT2D eigenvalue weighted by atomic mass is 32.2. The van der Waals surface area contributed by atoms with Gasteiger partial charge in [0.2, 0.25) is 11.6 Å². The fraction of sp³-hybridized carbons (Fsp3) is 0.200. The standard InChI is InChI=1S/C25H20FN5O3S/c26-18-7-5-17(6-8-18)16-35-23-19(3-1-9-28-23)24(32)30-10-12-31(13-11-30)25-20(15-27)29-22(34-25)21-4-2-14-33-21/h1-9,14H,10-13,16H2. The number of aromatic nitrogens is 2. The van der Waals surface area contributed by atoms with Gasteiger partial charge in [-0.05, 0) is 42.0 Å². The van der Waals surface area contributed by atoms with E-state index in [-0.39, 0.29) is 23.3 Å². The number of amides is 1. The van der Waals surface area contributed by atoms with Crippen molar-refractivity contribution in [2.75, 3.05) is 31.1 Å². The number of hydrogen-bond acceptors (Lipinski definition) is 8. The van der Waals surface area contributed by atoms with E-state index in [1.807, 2.05) is 4.90 Å². The Bertz CT molecular complexity index is 1360. The molecule has 4 aromatic rings. The summed E-state index contributed by atoms with van der Waals surface area (Å²) >= 11 is 1.44. The molecule has 0 aliphatic carbocycles. The molecule has 1 aliphatic heterocycles. The minimum Gasteiger partial charge on any atom is -0.459 e. The average molecular weight is 490 g/mol. The zero-order chi connectivity index (χ0) is 24.2. The van der Waals surface area contributed by atoms with Crippen molar-refractivity contribution in [2.24, 2.45) is 0 Å². The van der Waals surface area contributed by atoms with Crippen LogP contribution in [-0.2, 0) is 5.75 Å². The first-order valence-electron chi connectivity index (χ1n) is 10.9. The van der Waals surface area contributed by atoms with Gasteiger partial charge >= 0.3 is 0 Å². The van der Waals surface area contributed by atoms with Crippen LogP contribution in [-0.4, -0.2) is 47.0 Å². The summed E-state index contributed by atoms with van der Waals surface area (Å²) in [6.07, 6.45) is 3.17. The summed E-state index contributed by atoms with van der Waals surface area (Å²) in [6.45, 7) is 1.89. The van der Waals surface area contributed by atoms with Gasteiger partial charge in [-0.3, -0.25) is 4.79 Å². The fourth-order valence-electron chi connectivity index (χ4n) is 3.79. The summed E-state index contributed by atoms with van der Waals surface area (Å²) in [6, 6.07) is 15.3. The molecule has 8 nitrogen and oxygen atoms in total. The summed E-state index contributed by atoms with van der Waals surface area (Å²) in [5.41, 5.74) is 1.66. The number of piperazine rings is 1. The number of oxazole rings is 1. The number of nitrogens with zero attached hydrogens (tertiary/aromatic N) is 5. The summed E-state index contributed by atoms with van der Waals surface area (Å²) in [4.78, 5) is 25.6. The topological polar surface area (TPSA) is 99.4 Å². The van der Waals surface area contributed by atoms with E-state index in [4.69, 9.17) is 8.83 Å². The zero-order valence-corrected chi connectivity index (χ0v) is 19.4. The van der Waals surface area contributed by atoms with Gasteiger partial charge in [-0.25, -0.2) is 9.37 Å². The molecule has 4 heterocycles. The summed E-state index contributed by atoms with van der Waals surface area (Å²) in [7, 11) is 0. The first kappa shape index (κ1) is 22.7. The van der Waals surface area contributed by atoms with Crippen molar-refractivity contribution in [1.29, 1.82) is 5.26 Å². The highest BCUT2D eigenvalue weighted by Crippen LogP contribution is 2.30. The lowest BCUT2D eigenvalue weighted by Crippen LogP contribution is -2.49. The van der Waals surface area contributed by atoms with Crippen LogP contribution in [0.15, 0.2) is 74.9 Å². The number of nitriles is 1. The van der Waals surface area contributed by atoms with E-state index in [1.165, 1.54) is 30.2 Å². The van der Waals surface area contributed by atoms with Gasteiger partial charge in [0.05, 0.1) is 11.8 Å². The van der Waals surface area contributed by atoms with Gasteiger partial charge in [0.15, 0.2) is 5.76 Å². The Morgan fingerprint density at radius 3 is 2.63 bits per heavy atom. The van der Waals surface area contributed by atoms with Crippen LogP contribution in [0, 0.1) is 17.1 Å². The number of rotatable bonds is 6. The molecule has 0 bridgehead atoms. The zero-order valence-electron chi connectivity index (χ0n) is 18.6. The number of halogens is 1. The molecular formula is C25H20FN5O3S. The molecule has 1 amide bonds.